The van der Waals surface area contributed by atoms with Crippen molar-refractivity contribution in [3.05, 3.63) is 28.2 Å². The lowest BCUT2D eigenvalue weighted by Crippen LogP contribution is -2.40. The SMILES string of the molecule is O=C(NCCO)NC1CCOc2ccc(Br)cc21. The number of amides is 2. The van der Waals surface area contributed by atoms with E-state index in [0.29, 0.717) is 6.61 Å². The number of aliphatic hydroxyl groups excluding tert-OH is 1. The molecule has 0 radical (unpaired) electrons. The van der Waals surface area contributed by atoms with Crippen molar-refractivity contribution >= 4 is 22.0 Å². The molecule has 0 saturated heterocycles. The highest BCUT2D eigenvalue weighted by Crippen LogP contribution is 2.33. The highest BCUT2D eigenvalue weighted by Gasteiger charge is 2.23. The number of aliphatic hydroxyl groups is 1. The van der Waals surface area contributed by atoms with E-state index in [-0.39, 0.29) is 25.2 Å². The topological polar surface area (TPSA) is 70.6 Å². The summed E-state index contributed by atoms with van der Waals surface area (Å²) in [5.74, 6) is 0.803. The van der Waals surface area contributed by atoms with Crippen LogP contribution in [0.2, 0.25) is 0 Å². The summed E-state index contributed by atoms with van der Waals surface area (Å²) in [6, 6.07) is 5.41. The molecular formula is C12H15BrN2O3. The molecule has 5 nitrogen and oxygen atoms in total. The fourth-order valence-electron chi connectivity index (χ4n) is 1.89. The van der Waals surface area contributed by atoms with Crippen molar-refractivity contribution in [3.8, 4) is 5.75 Å². The van der Waals surface area contributed by atoms with Gasteiger partial charge in [0.05, 0.1) is 19.3 Å². The molecule has 2 rings (SSSR count). The van der Waals surface area contributed by atoms with E-state index in [1.54, 1.807) is 0 Å². The smallest absolute Gasteiger partial charge is 0.315 e. The highest BCUT2D eigenvalue weighted by molar-refractivity contribution is 9.10. The van der Waals surface area contributed by atoms with Crippen molar-refractivity contribution in [1.29, 1.82) is 0 Å². The van der Waals surface area contributed by atoms with Crippen LogP contribution >= 0.6 is 15.9 Å². The first kappa shape index (κ1) is 13.2. The molecule has 0 spiro atoms. The zero-order valence-electron chi connectivity index (χ0n) is 9.78. The normalized spacial score (nSPS) is 17.6. The lowest BCUT2D eigenvalue weighted by atomic mass is 10.0. The van der Waals surface area contributed by atoms with E-state index >= 15 is 0 Å². The van der Waals surface area contributed by atoms with Crippen molar-refractivity contribution in [2.75, 3.05) is 19.8 Å². The maximum absolute atomic E-state index is 11.6. The maximum atomic E-state index is 11.6. The molecule has 0 aliphatic carbocycles. The molecule has 6 heteroatoms. The second kappa shape index (κ2) is 6.06. The molecular weight excluding hydrogens is 300 g/mol. The average Bonchev–Trinajstić information content (AvgIpc) is 2.37. The van der Waals surface area contributed by atoms with Crippen LogP contribution in [0.25, 0.3) is 0 Å². The van der Waals surface area contributed by atoms with Gasteiger partial charge >= 0.3 is 6.03 Å². The number of carbonyl (C=O) groups is 1. The molecule has 0 saturated carbocycles. The van der Waals surface area contributed by atoms with Crippen LogP contribution in [0, 0.1) is 0 Å². The maximum Gasteiger partial charge on any atom is 0.315 e. The monoisotopic (exact) mass is 314 g/mol. The van der Waals surface area contributed by atoms with Gasteiger partial charge in [0.15, 0.2) is 0 Å². The quantitative estimate of drug-likeness (QED) is 0.793. The van der Waals surface area contributed by atoms with Crippen molar-refractivity contribution in [1.82, 2.24) is 10.6 Å². The van der Waals surface area contributed by atoms with Gasteiger partial charge in [0.2, 0.25) is 0 Å². The van der Waals surface area contributed by atoms with Gasteiger partial charge in [-0.15, -0.1) is 0 Å². The minimum atomic E-state index is -0.276. The number of benzene rings is 1. The molecule has 0 bridgehead atoms. The first-order chi connectivity index (χ1) is 8.70. The van der Waals surface area contributed by atoms with Crippen molar-refractivity contribution in [2.45, 2.75) is 12.5 Å². The summed E-state index contributed by atoms with van der Waals surface area (Å²) < 4.78 is 6.49. The van der Waals surface area contributed by atoms with Gasteiger partial charge in [-0.2, -0.15) is 0 Å². The third-order valence-electron chi connectivity index (χ3n) is 2.71. The summed E-state index contributed by atoms with van der Waals surface area (Å²) in [6.45, 7) is 0.767. The van der Waals surface area contributed by atoms with Gasteiger partial charge in [0, 0.05) is 23.0 Å². The summed E-state index contributed by atoms with van der Waals surface area (Å²) in [7, 11) is 0. The third-order valence-corrected chi connectivity index (χ3v) is 3.21. The number of ether oxygens (including phenoxy) is 1. The molecule has 0 aromatic heterocycles. The van der Waals surface area contributed by atoms with Gasteiger partial charge in [0.1, 0.15) is 5.75 Å². The van der Waals surface area contributed by atoms with Crippen molar-refractivity contribution in [2.24, 2.45) is 0 Å². The highest BCUT2D eigenvalue weighted by atomic mass is 79.9. The van der Waals surface area contributed by atoms with Gasteiger partial charge < -0.3 is 20.5 Å². The van der Waals surface area contributed by atoms with Gasteiger partial charge in [0.25, 0.3) is 0 Å². The van der Waals surface area contributed by atoms with Gasteiger partial charge in [-0.1, -0.05) is 15.9 Å². The molecule has 1 aromatic rings. The second-order valence-corrected chi connectivity index (χ2v) is 4.91. The Bertz CT molecular complexity index is 439. The number of carbonyl (C=O) groups excluding carboxylic acids is 1. The van der Waals surface area contributed by atoms with Crippen LogP contribution in [0.4, 0.5) is 4.79 Å². The van der Waals surface area contributed by atoms with Gasteiger partial charge in [-0.05, 0) is 18.2 Å². The van der Waals surface area contributed by atoms with Crippen LogP contribution < -0.4 is 15.4 Å². The summed E-state index contributed by atoms with van der Waals surface area (Å²) in [4.78, 5) is 11.6. The van der Waals surface area contributed by atoms with Gasteiger partial charge in [-0.3, -0.25) is 0 Å². The first-order valence-corrected chi connectivity index (χ1v) is 6.57. The van der Waals surface area contributed by atoms with E-state index in [1.165, 1.54) is 0 Å². The molecule has 3 N–H and O–H groups in total. The molecule has 1 aromatic carbocycles. The molecule has 2 amide bonds. The molecule has 1 aliphatic rings. The van der Waals surface area contributed by atoms with Crippen LogP contribution in [-0.2, 0) is 0 Å². The van der Waals surface area contributed by atoms with Crippen LogP contribution in [0.5, 0.6) is 5.75 Å². The minimum Gasteiger partial charge on any atom is -0.493 e. The summed E-state index contributed by atoms with van der Waals surface area (Å²) in [5, 5.41) is 14.1. The van der Waals surface area contributed by atoms with E-state index in [0.717, 1.165) is 22.2 Å². The Labute approximate surface area is 114 Å². The third kappa shape index (κ3) is 3.14. The van der Waals surface area contributed by atoms with E-state index in [9.17, 15) is 4.79 Å². The Morgan fingerprint density at radius 1 is 1.56 bits per heavy atom. The number of fused-ring (bicyclic) bond motifs is 1. The lowest BCUT2D eigenvalue weighted by Gasteiger charge is -2.27. The van der Waals surface area contributed by atoms with Crippen LogP contribution in [0.15, 0.2) is 22.7 Å². The Kier molecular flexibility index (Phi) is 4.43. The average molecular weight is 315 g/mol. The Balaban J connectivity index is 2.07. The van der Waals surface area contributed by atoms with Crippen LogP contribution in [0.3, 0.4) is 0 Å². The molecule has 1 aliphatic heterocycles. The molecule has 0 fully saturated rings. The van der Waals surface area contributed by atoms with E-state index in [1.807, 2.05) is 18.2 Å². The van der Waals surface area contributed by atoms with E-state index in [2.05, 4.69) is 26.6 Å². The Morgan fingerprint density at radius 2 is 2.39 bits per heavy atom. The lowest BCUT2D eigenvalue weighted by molar-refractivity contribution is 0.219. The number of hydrogen-bond acceptors (Lipinski definition) is 3. The predicted molar refractivity (Wildman–Crippen MR) is 70.6 cm³/mol. The first-order valence-electron chi connectivity index (χ1n) is 5.78. The standard InChI is InChI=1S/C12H15BrN2O3/c13-8-1-2-11-9(7-8)10(3-6-18-11)15-12(17)14-4-5-16/h1-2,7,10,16H,3-6H2,(H2,14,15,17). The largest absolute Gasteiger partial charge is 0.493 e. The zero-order chi connectivity index (χ0) is 13.0. The Hall–Kier alpha value is -1.27. The van der Waals surface area contributed by atoms with Crippen molar-refractivity contribution in [3.63, 3.8) is 0 Å². The number of rotatable bonds is 3. The second-order valence-electron chi connectivity index (χ2n) is 4.00. The molecule has 18 heavy (non-hydrogen) atoms. The summed E-state index contributed by atoms with van der Waals surface area (Å²) >= 11 is 3.41. The van der Waals surface area contributed by atoms with Crippen molar-refractivity contribution < 1.29 is 14.6 Å². The fourth-order valence-corrected chi connectivity index (χ4v) is 2.27. The summed E-state index contributed by atoms with van der Waals surface area (Å²) in [5.41, 5.74) is 0.967. The van der Waals surface area contributed by atoms with E-state index in [4.69, 9.17) is 9.84 Å². The van der Waals surface area contributed by atoms with Crippen LogP contribution in [0.1, 0.15) is 18.0 Å². The molecule has 1 atom stereocenters. The van der Waals surface area contributed by atoms with Gasteiger partial charge in [-0.25, -0.2) is 4.79 Å². The molecule has 1 heterocycles. The predicted octanol–water partition coefficient (Wildman–Crippen LogP) is 1.56. The van der Waals surface area contributed by atoms with E-state index < -0.39 is 0 Å². The molecule has 98 valence electrons. The van der Waals surface area contributed by atoms with Crippen LogP contribution in [-0.4, -0.2) is 30.9 Å². The number of hydrogen-bond donors (Lipinski definition) is 3. The fraction of sp³-hybridized carbons (Fsp3) is 0.417. The zero-order valence-corrected chi connectivity index (χ0v) is 11.4. The number of nitrogens with one attached hydrogen (secondary N) is 2. The minimum absolute atomic E-state index is 0.0649. The molecule has 1 unspecified atom stereocenters. The number of halogens is 1. The number of urea groups is 1. The Morgan fingerprint density at radius 3 is 3.17 bits per heavy atom. The summed E-state index contributed by atoms with van der Waals surface area (Å²) in [6.07, 6.45) is 0.732.